The van der Waals surface area contributed by atoms with Gasteiger partial charge in [-0.25, -0.2) is 4.98 Å². The summed E-state index contributed by atoms with van der Waals surface area (Å²) in [4.78, 5) is 22.3. The third-order valence-electron chi connectivity index (χ3n) is 4.08. The van der Waals surface area contributed by atoms with Crippen molar-refractivity contribution in [2.24, 2.45) is 0 Å². The molecule has 0 unspecified atom stereocenters. The first-order valence-corrected chi connectivity index (χ1v) is 8.60. The van der Waals surface area contributed by atoms with E-state index in [1.54, 1.807) is 36.5 Å². The minimum Gasteiger partial charge on any atom is -0.384 e. The molecule has 4 N–H and O–H groups in total. The number of carbonyl (C=O) groups excluding carboxylic acids is 1. The average molecular weight is 366 g/mol. The zero-order chi connectivity index (χ0) is 19.4. The molecule has 0 spiro atoms. The number of benzene rings is 1. The number of hydrogen-bond donors (Lipinski definition) is 2. The highest BCUT2D eigenvalue weighted by Gasteiger charge is 2.15. The van der Waals surface area contributed by atoms with Crippen LogP contribution in [-0.4, -0.2) is 42.6 Å². The minimum absolute atomic E-state index is 0.102. The fourth-order valence-electron chi connectivity index (χ4n) is 2.75. The fourth-order valence-corrected chi connectivity index (χ4v) is 2.75. The number of nitrogens with two attached hydrogens (primary N) is 2. The summed E-state index contributed by atoms with van der Waals surface area (Å²) in [5.41, 5.74) is 13.3. The van der Waals surface area contributed by atoms with Crippen LogP contribution >= 0.6 is 0 Å². The Labute approximate surface area is 157 Å². The van der Waals surface area contributed by atoms with Gasteiger partial charge in [-0.05, 0) is 18.6 Å². The number of nitrogens with zero attached hydrogens (tertiary/aromatic N) is 6. The van der Waals surface area contributed by atoms with Crippen LogP contribution in [0.5, 0.6) is 0 Å². The quantitative estimate of drug-likeness (QED) is 0.677. The van der Waals surface area contributed by atoms with Crippen LogP contribution in [0.15, 0.2) is 36.7 Å². The third-order valence-corrected chi connectivity index (χ3v) is 4.08. The summed E-state index contributed by atoms with van der Waals surface area (Å²) in [5.74, 6) is 1.07. The number of anilines is 2. The fraction of sp³-hybridized carbons (Fsp3) is 0.278. The van der Waals surface area contributed by atoms with Crippen molar-refractivity contribution in [1.29, 1.82) is 0 Å². The Morgan fingerprint density at radius 3 is 2.59 bits per heavy atom. The first-order chi connectivity index (χ1) is 13.0. The molecule has 0 saturated heterocycles. The Hall–Kier alpha value is -3.49. The highest BCUT2D eigenvalue weighted by atomic mass is 16.2. The van der Waals surface area contributed by atoms with Gasteiger partial charge in [-0.1, -0.05) is 19.1 Å². The van der Waals surface area contributed by atoms with E-state index in [-0.39, 0.29) is 11.9 Å². The Kier molecular flexibility index (Phi) is 5.30. The van der Waals surface area contributed by atoms with E-state index in [1.807, 2.05) is 16.7 Å². The molecular weight excluding hydrogens is 344 g/mol. The van der Waals surface area contributed by atoms with Crippen LogP contribution in [0.25, 0.3) is 11.3 Å². The first-order valence-electron chi connectivity index (χ1n) is 8.60. The van der Waals surface area contributed by atoms with E-state index in [4.69, 9.17) is 11.5 Å². The average Bonchev–Trinajstić information content (AvgIpc) is 3.07. The predicted molar refractivity (Wildman–Crippen MR) is 102 cm³/mol. The van der Waals surface area contributed by atoms with Gasteiger partial charge >= 0.3 is 0 Å². The van der Waals surface area contributed by atoms with Crippen LogP contribution in [0, 0.1) is 0 Å². The maximum atomic E-state index is 12.7. The van der Waals surface area contributed by atoms with Crippen LogP contribution in [-0.2, 0) is 13.1 Å². The second-order valence-electron chi connectivity index (χ2n) is 6.22. The summed E-state index contributed by atoms with van der Waals surface area (Å²) < 4.78 is 1.96. The molecule has 0 aliphatic carbocycles. The standard InChI is InChI=1S/C18H22N8O/c1-3-8-26-11-21-24-16(26)10-25(2)17(27)13-6-4-12(5-7-13)14-9-15(19)23-18(20)22-14/h4-7,9,11H,3,8,10H2,1-2H3,(H4,19,20,22,23). The molecule has 0 radical (unpaired) electrons. The maximum absolute atomic E-state index is 12.7. The van der Waals surface area contributed by atoms with Crippen molar-refractivity contribution in [3.8, 4) is 11.3 Å². The Morgan fingerprint density at radius 2 is 1.93 bits per heavy atom. The monoisotopic (exact) mass is 366 g/mol. The lowest BCUT2D eigenvalue weighted by molar-refractivity contribution is 0.0780. The van der Waals surface area contributed by atoms with Crippen molar-refractivity contribution in [3.05, 3.63) is 48.0 Å². The Bertz CT molecular complexity index is 915. The summed E-state index contributed by atoms with van der Waals surface area (Å²) >= 11 is 0. The Balaban J connectivity index is 1.74. The largest absolute Gasteiger partial charge is 0.384 e. The summed E-state index contributed by atoms with van der Waals surface area (Å²) in [6.07, 6.45) is 2.66. The second-order valence-corrected chi connectivity index (χ2v) is 6.22. The molecule has 2 heterocycles. The van der Waals surface area contributed by atoms with Gasteiger partial charge in [-0.3, -0.25) is 4.79 Å². The van der Waals surface area contributed by atoms with Gasteiger partial charge in [0.05, 0.1) is 12.2 Å². The van der Waals surface area contributed by atoms with Crippen LogP contribution in [0.2, 0.25) is 0 Å². The van der Waals surface area contributed by atoms with Crippen molar-refractivity contribution >= 4 is 17.7 Å². The number of aryl methyl sites for hydroxylation is 1. The number of amides is 1. The first kappa shape index (κ1) is 18.3. The maximum Gasteiger partial charge on any atom is 0.254 e. The van der Waals surface area contributed by atoms with Crippen molar-refractivity contribution in [1.82, 2.24) is 29.6 Å². The molecule has 3 rings (SSSR count). The number of carbonyl (C=O) groups is 1. The molecule has 0 fully saturated rings. The molecule has 2 aromatic heterocycles. The lowest BCUT2D eigenvalue weighted by Gasteiger charge is -2.17. The molecular formula is C18H22N8O. The predicted octanol–water partition coefficient (Wildman–Crippen LogP) is 1.58. The van der Waals surface area contributed by atoms with Gasteiger partial charge in [0.1, 0.15) is 12.1 Å². The molecule has 0 aliphatic heterocycles. The van der Waals surface area contributed by atoms with Crippen LogP contribution in [0.3, 0.4) is 0 Å². The van der Waals surface area contributed by atoms with Crippen molar-refractivity contribution in [2.75, 3.05) is 18.5 Å². The van der Waals surface area contributed by atoms with Gasteiger partial charge in [0.25, 0.3) is 5.91 Å². The SMILES string of the molecule is CCCn1cnnc1CN(C)C(=O)c1ccc(-c2cc(N)nc(N)n2)cc1. The lowest BCUT2D eigenvalue weighted by Crippen LogP contribution is -2.27. The van der Waals surface area contributed by atoms with Gasteiger partial charge in [0, 0.05) is 30.8 Å². The van der Waals surface area contributed by atoms with Gasteiger partial charge in [-0.15, -0.1) is 10.2 Å². The lowest BCUT2D eigenvalue weighted by atomic mass is 10.1. The molecule has 140 valence electrons. The summed E-state index contributed by atoms with van der Waals surface area (Å²) in [7, 11) is 1.74. The van der Waals surface area contributed by atoms with E-state index in [0.717, 1.165) is 24.4 Å². The molecule has 1 amide bonds. The third kappa shape index (κ3) is 4.20. The van der Waals surface area contributed by atoms with Crippen LogP contribution in [0.1, 0.15) is 29.5 Å². The zero-order valence-corrected chi connectivity index (χ0v) is 15.3. The number of aromatic nitrogens is 5. The normalized spacial score (nSPS) is 10.7. The van der Waals surface area contributed by atoms with E-state index >= 15 is 0 Å². The van der Waals surface area contributed by atoms with Crippen LogP contribution in [0.4, 0.5) is 11.8 Å². The molecule has 0 saturated carbocycles. The molecule has 0 aliphatic rings. The number of nitrogen functional groups attached to an aromatic ring is 2. The van der Waals surface area contributed by atoms with Crippen molar-refractivity contribution in [3.63, 3.8) is 0 Å². The molecule has 0 atom stereocenters. The highest BCUT2D eigenvalue weighted by Crippen LogP contribution is 2.20. The van der Waals surface area contributed by atoms with Crippen LogP contribution < -0.4 is 11.5 Å². The summed E-state index contributed by atoms with van der Waals surface area (Å²) in [6, 6.07) is 8.75. The van der Waals surface area contributed by atoms with Gasteiger partial charge < -0.3 is 20.9 Å². The van der Waals surface area contributed by atoms with E-state index in [9.17, 15) is 4.79 Å². The van der Waals surface area contributed by atoms with E-state index < -0.39 is 0 Å². The highest BCUT2D eigenvalue weighted by molar-refractivity contribution is 5.94. The number of hydrogen-bond acceptors (Lipinski definition) is 7. The molecule has 27 heavy (non-hydrogen) atoms. The molecule has 3 aromatic rings. The molecule has 1 aromatic carbocycles. The van der Waals surface area contributed by atoms with E-state index in [1.165, 1.54) is 0 Å². The van der Waals surface area contributed by atoms with E-state index in [0.29, 0.717) is 23.6 Å². The number of rotatable bonds is 6. The van der Waals surface area contributed by atoms with E-state index in [2.05, 4.69) is 27.1 Å². The smallest absolute Gasteiger partial charge is 0.254 e. The van der Waals surface area contributed by atoms with Gasteiger partial charge in [0.2, 0.25) is 5.95 Å². The molecule has 9 nitrogen and oxygen atoms in total. The zero-order valence-electron chi connectivity index (χ0n) is 15.3. The minimum atomic E-state index is -0.102. The summed E-state index contributed by atoms with van der Waals surface area (Å²) in [6.45, 7) is 3.29. The Morgan fingerprint density at radius 1 is 1.19 bits per heavy atom. The molecule has 9 heteroatoms. The van der Waals surface area contributed by atoms with Gasteiger partial charge in [-0.2, -0.15) is 4.98 Å². The summed E-state index contributed by atoms with van der Waals surface area (Å²) in [5, 5.41) is 8.03. The topological polar surface area (TPSA) is 129 Å². The molecule has 0 bridgehead atoms. The van der Waals surface area contributed by atoms with Crippen molar-refractivity contribution < 1.29 is 4.79 Å². The van der Waals surface area contributed by atoms with Crippen molar-refractivity contribution in [2.45, 2.75) is 26.4 Å². The van der Waals surface area contributed by atoms with Gasteiger partial charge in [0.15, 0.2) is 5.82 Å². The second kappa shape index (κ2) is 7.81.